The number of nitrogens with zero attached hydrogens (tertiary/aromatic N) is 1. The molecule has 1 aromatic carbocycles. The van der Waals surface area contributed by atoms with Crippen molar-refractivity contribution in [2.45, 2.75) is 0 Å². The van der Waals surface area contributed by atoms with Crippen molar-refractivity contribution >= 4 is 41.0 Å². The highest BCUT2D eigenvalue weighted by atomic mass is 35.5. The molecule has 0 spiro atoms. The first-order valence-corrected chi connectivity index (χ1v) is 4.32. The summed E-state index contributed by atoms with van der Waals surface area (Å²) in [6.45, 7) is 0. The Hall–Kier alpha value is -1.26. The second-order valence-corrected chi connectivity index (χ2v) is 3.11. The Morgan fingerprint density at radius 3 is 2.93 bits per heavy atom. The van der Waals surface area contributed by atoms with Crippen LogP contribution in [0.3, 0.4) is 0 Å². The van der Waals surface area contributed by atoms with E-state index in [2.05, 4.69) is 14.7 Å². The van der Waals surface area contributed by atoms with E-state index in [9.17, 15) is 4.79 Å². The zero-order valence-electron chi connectivity index (χ0n) is 7.78. The number of carbonyl (C=O) groups excluding carboxylic acids is 1. The number of hydrogen-bond acceptors (Lipinski definition) is 3. The monoisotopic (exact) mass is 246 g/mol. The average Bonchev–Trinajstić information content (AvgIpc) is 2.55. The maximum Gasteiger partial charge on any atom is 0.337 e. The number of esters is 1. The van der Waals surface area contributed by atoms with Gasteiger partial charge in [0.2, 0.25) is 5.28 Å². The zero-order chi connectivity index (χ0) is 10.1. The van der Waals surface area contributed by atoms with Gasteiger partial charge in [-0.05, 0) is 29.8 Å². The molecule has 0 atom stereocenters. The first-order chi connectivity index (χ1) is 6.70. The Morgan fingerprint density at radius 2 is 2.27 bits per heavy atom. The van der Waals surface area contributed by atoms with E-state index in [0.717, 1.165) is 11.0 Å². The smallest absolute Gasteiger partial charge is 0.337 e. The van der Waals surface area contributed by atoms with Gasteiger partial charge in [0.1, 0.15) is 0 Å². The Kier molecular flexibility index (Phi) is 3.55. The number of nitrogens with one attached hydrogen (secondary N) is 1. The van der Waals surface area contributed by atoms with Crippen LogP contribution in [0.4, 0.5) is 0 Å². The minimum absolute atomic E-state index is 0. The number of carbonyl (C=O) groups is 1. The number of aromatic amines is 1. The van der Waals surface area contributed by atoms with Crippen molar-refractivity contribution in [1.29, 1.82) is 0 Å². The molecule has 0 aliphatic carbocycles. The number of imidazole rings is 1. The molecule has 1 heterocycles. The van der Waals surface area contributed by atoms with Gasteiger partial charge in [0.05, 0.1) is 23.7 Å². The van der Waals surface area contributed by atoms with Gasteiger partial charge in [-0.3, -0.25) is 0 Å². The van der Waals surface area contributed by atoms with Crippen molar-refractivity contribution in [2.75, 3.05) is 7.11 Å². The summed E-state index contributed by atoms with van der Waals surface area (Å²) in [5.74, 6) is -0.377. The molecule has 0 unspecified atom stereocenters. The van der Waals surface area contributed by atoms with Crippen LogP contribution in [0.1, 0.15) is 10.4 Å². The summed E-state index contributed by atoms with van der Waals surface area (Å²) in [7, 11) is 1.34. The topological polar surface area (TPSA) is 55.0 Å². The summed E-state index contributed by atoms with van der Waals surface area (Å²) in [5, 5.41) is 0.307. The summed E-state index contributed by atoms with van der Waals surface area (Å²) < 4.78 is 4.59. The number of fused-ring (bicyclic) bond motifs is 1. The van der Waals surface area contributed by atoms with E-state index >= 15 is 0 Å². The van der Waals surface area contributed by atoms with Crippen LogP contribution in [-0.4, -0.2) is 23.0 Å². The largest absolute Gasteiger partial charge is 0.465 e. The van der Waals surface area contributed by atoms with Gasteiger partial charge in [-0.15, -0.1) is 12.4 Å². The van der Waals surface area contributed by atoms with Crippen molar-refractivity contribution in [3.05, 3.63) is 29.0 Å². The molecular weight excluding hydrogens is 239 g/mol. The number of H-pyrrole nitrogens is 1. The lowest BCUT2D eigenvalue weighted by Crippen LogP contribution is -2.00. The molecule has 1 aromatic heterocycles. The molecule has 0 saturated heterocycles. The number of rotatable bonds is 1. The third-order valence-electron chi connectivity index (χ3n) is 1.87. The molecule has 0 fully saturated rings. The maximum absolute atomic E-state index is 11.2. The number of halogens is 2. The second-order valence-electron chi connectivity index (χ2n) is 2.75. The number of benzene rings is 1. The first kappa shape index (κ1) is 11.8. The summed E-state index contributed by atoms with van der Waals surface area (Å²) in [6.07, 6.45) is 0. The number of aromatic nitrogens is 2. The minimum atomic E-state index is -0.377. The Labute approximate surface area is 97.0 Å². The van der Waals surface area contributed by atoms with E-state index in [-0.39, 0.29) is 18.4 Å². The van der Waals surface area contributed by atoms with Gasteiger partial charge >= 0.3 is 5.97 Å². The molecule has 2 aromatic rings. The van der Waals surface area contributed by atoms with Gasteiger partial charge in [-0.1, -0.05) is 0 Å². The van der Waals surface area contributed by atoms with Crippen molar-refractivity contribution < 1.29 is 9.53 Å². The zero-order valence-corrected chi connectivity index (χ0v) is 9.35. The van der Waals surface area contributed by atoms with E-state index < -0.39 is 0 Å². The molecule has 2 rings (SSSR count). The number of ether oxygens (including phenoxy) is 1. The molecule has 0 amide bonds. The van der Waals surface area contributed by atoms with Crippen molar-refractivity contribution in [3.63, 3.8) is 0 Å². The molecule has 0 bridgehead atoms. The summed E-state index contributed by atoms with van der Waals surface area (Å²) in [5.41, 5.74) is 1.92. The summed E-state index contributed by atoms with van der Waals surface area (Å²) in [4.78, 5) is 18.0. The van der Waals surface area contributed by atoms with Crippen molar-refractivity contribution in [3.8, 4) is 0 Å². The molecule has 4 nitrogen and oxygen atoms in total. The summed E-state index contributed by atoms with van der Waals surface area (Å²) >= 11 is 5.67. The van der Waals surface area contributed by atoms with Crippen LogP contribution < -0.4 is 0 Å². The van der Waals surface area contributed by atoms with E-state index in [1.807, 2.05) is 0 Å². The highest BCUT2D eigenvalue weighted by Gasteiger charge is 2.07. The lowest BCUT2D eigenvalue weighted by atomic mass is 10.2. The van der Waals surface area contributed by atoms with Gasteiger partial charge in [-0.2, -0.15) is 0 Å². The van der Waals surface area contributed by atoms with Gasteiger partial charge in [0.15, 0.2) is 0 Å². The predicted octanol–water partition coefficient (Wildman–Crippen LogP) is 2.42. The molecule has 15 heavy (non-hydrogen) atoms. The molecular formula is C9H8Cl2N2O2. The minimum Gasteiger partial charge on any atom is -0.465 e. The lowest BCUT2D eigenvalue weighted by molar-refractivity contribution is 0.0601. The Morgan fingerprint density at radius 1 is 1.53 bits per heavy atom. The SMILES string of the molecule is COC(=O)c1ccc2nc(Cl)[nH]c2c1.Cl. The molecule has 0 aliphatic rings. The van der Waals surface area contributed by atoms with Crippen LogP contribution in [0.15, 0.2) is 18.2 Å². The fourth-order valence-corrected chi connectivity index (χ4v) is 1.42. The molecule has 80 valence electrons. The fourth-order valence-electron chi connectivity index (χ4n) is 1.22. The highest BCUT2D eigenvalue weighted by Crippen LogP contribution is 2.16. The van der Waals surface area contributed by atoms with Crippen LogP contribution in [0.2, 0.25) is 5.28 Å². The third kappa shape index (κ3) is 2.22. The van der Waals surface area contributed by atoms with E-state index in [1.54, 1.807) is 18.2 Å². The standard InChI is InChI=1S/C9H7ClN2O2.ClH/c1-14-8(13)5-2-3-6-7(4-5)12-9(10)11-6;/h2-4H,1H3,(H,11,12);1H. The quantitative estimate of drug-likeness (QED) is 0.787. The van der Waals surface area contributed by atoms with E-state index in [1.165, 1.54) is 7.11 Å². The van der Waals surface area contributed by atoms with Crippen molar-refractivity contribution in [1.82, 2.24) is 9.97 Å². The number of hydrogen-bond donors (Lipinski definition) is 1. The van der Waals surface area contributed by atoms with Gasteiger partial charge < -0.3 is 9.72 Å². The first-order valence-electron chi connectivity index (χ1n) is 3.94. The van der Waals surface area contributed by atoms with Crippen LogP contribution in [0.25, 0.3) is 11.0 Å². The van der Waals surface area contributed by atoms with Crippen LogP contribution in [0, 0.1) is 0 Å². The van der Waals surface area contributed by atoms with E-state index in [0.29, 0.717) is 10.8 Å². The average molecular weight is 247 g/mol. The normalized spacial score (nSPS) is 9.73. The van der Waals surface area contributed by atoms with Crippen LogP contribution in [-0.2, 0) is 4.74 Å². The third-order valence-corrected chi connectivity index (χ3v) is 2.05. The van der Waals surface area contributed by atoms with Gasteiger partial charge in [0.25, 0.3) is 0 Å². The molecule has 0 aliphatic heterocycles. The van der Waals surface area contributed by atoms with Crippen LogP contribution in [0.5, 0.6) is 0 Å². The molecule has 0 radical (unpaired) electrons. The fraction of sp³-hybridized carbons (Fsp3) is 0.111. The molecule has 6 heteroatoms. The maximum atomic E-state index is 11.2. The number of methoxy groups -OCH3 is 1. The van der Waals surface area contributed by atoms with Gasteiger partial charge in [-0.25, -0.2) is 9.78 Å². The lowest BCUT2D eigenvalue weighted by Gasteiger charge is -1.97. The summed E-state index contributed by atoms with van der Waals surface area (Å²) in [6, 6.07) is 5.01. The van der Waals surface area contributed by atoms with E-state index in [4.69, 9.17) is 11.6 Å². The van der Waals surface area contributed by atoms with Gasteiger partial charge in [0, 0.05) is 0 Å². The molecule has 1 N–H and O–H groups in total. The molecule has 0 saturated carbocycles. The van der Waals surface area contributed by atoms with Crippen molar-refractivity contribution in [2.24, 2.45) is 0 Å². The Balaban J connectivity index is 0.00000112. The predicted molar refractivity (Wildman–Crippen MR) is 59.7 cm³/mol. The second kappa shape index (κ2) is 4.51. The Bertz CT molecular complexity index is 496. The van der Waals surface area contributed by atoms with Crippen LogP contribution >= 0.6 is 24.0 Å². The highest BCUT2D eigenvalue weighted by molar-refractivity contribution is 6.29.